The van der Waals surface area contributed by atoms with Crippen LogP contribution in [0, 0.1) is 0 Å². The van der Waals surface area contributed by atoms with Crippen molar-refractivity contribution in [2.75, 3.05) is 5.33 Å². The van der Waals surface area contributed by atoms with Crippen molar-refractivity contribution >= 4 is 37.6 Å². The van der Waals surface area contributed by atoms with E-state index in [1.807, 2.05) is 13.8 Å². The van der Waals surface area contributed by atoms with Crippen LogP contribution in [-0.4, -0.2) is 19.3 Å². The second kappa shape index (κ2) is 6.37. The van der Waals surface area contributed by atoms with Crippen LogP contribution in [0.3, 0.4) is 0 Å². The molecule has 3 nitrogen and oxygen atoms in total. The van der Waals surface area contributed by atoms with E-state index >= 15 is 0 Å². The van der Waals surface area contributed by atoms with Crippen molar-refractivity contribution in [1.82, 2.24) is 4.72 Å². The molecule has 0 saturated carbocycles. The van der Waals surface area contributed by atoms with Gasteiger partial charge in [-0.2, -0.15) is 0 Å². The van der Waals surface area contributed by atoms with E-state index in [1.54, 1.807) is 18.2 Å². The zero-order valence-electron chi connectivity index (χ0n) is 10.4. The fourth-order valence-electron chi connectivity index (χ4n) is 1.61. The monoisotopic (exact) mass is 353 g/mol. The van der Waals surface area contributed by atoms with E-state index in [0.717, 1.165) is 0 Å². The normalized spacial score (nSPS) is 12.7. The Bertz CT molecular complexity index is 492. The van der Waals surface area contributed by atoms with Gasteiger partial charge in [-0.05, 0) is 25.0 Å². The highest BCUT2D eigenvalue weighted by Crippen LogP contribution is 2.25. The van der Waals surface area contributed by atoms with Crippen molar-refractivity contribution < 1.29 is 8.42 Å². The molecule has 1 aromatic carbocycles. The molecule has 0 aliphatic carbocycles. The van der Waals surface area contributed by atoms with Crippen molar-refractivity contribution in [2.24, 2.45) is 0 Å². The van der Waals surface area contributed by atoms with E-state index in [4.69, 9.17) is 11.6 Å². The van der Waals surface area contributed by atoms with E-state index in [0.29, 0.717) is 18.2 Å². The van der Waals surface area contributed by atoms with Crippen molar-refractivity contribution in [3.63, 3.8) is 0 Å². The Kier molecular flexibility index (Phi) is 5.65. The summed E-state index contributed by atoms with van der Waals surface area (Å²) in [5, 5.41) is 0.803. The first-order chi connectivity index (χ1) is 8.40. The minimum Gasteiger partial charge on any atom is -0.207 e. The highest BCUT2D eigenvalue weighted by molar-refractivity contribution is 9.09. The van der Waals surface area contributed by atoms with Crippen LogP contribution in [0.15, 0.2) is 29.2 Å². The second-order valence-corrected chi connectivity index (χ2v) is 6.78. The smallest absolute Gasteiger partial charge is 0.207 e. The number of nitrogens with one attached hydrogen (secondary N) is 1. The molecule has 0 aliphatic rings. The average Bonchev–Trinajstić information content (AvgIpc) is 2.36. The summed E-state index contributed by atoms with van der Waals surface area (Å²) < 4.78 is 27.4. The van der Waals surface area contributed by atoms with Gasteiger partial charge in [0.1, 0.15) is 4.90 Å². The van der Waals surface area contributed by atoms with Gasteiger partial charge in [-0.15, -0.1) is 0 Å². The first kappa shape index (κ1) is 16.0. The topological polar surface area (TPSA) is 46.2 Å². The van der Waals surface area contributed by atoms with Gasteiger partial charge in [-0.1, -0.05) is 53.5 Å². The molecule has 0 amide bonds. The number of sulfonamides is 1. The third-order valence-electron chi connectivity index (χ3n) is 3.09. The maximum Gasteiger partial charge on any atom is 0.242 e. The van der Waals surface area contributed by atoms with E-state index < -0.39 is 15.6 Å². The number of hydrogen-bond acceptors (Lipinski definition) is 2. The molecule has 0 bridgehead atoms. The maximum absolute atomic E-state index is 12.3. The SMILES string of the molecule is CCC(CC)(CBr)NS(=O)(=O)c1ccccc1Cl. The first-order valence-corrected chi connectivity index (χ1v) is 8.73. The second-order valence-electron chi connectivity index (χ2n) is 4.16. The van der Waals surface area contributed by atoms with Crippen LogP contribution in [0.5, 0.6) is 0 Å². The van der Waals surface area contributed by atoms with Gasteiger partial charge < -0.3 is 0 Å². The van der Waals surface area contributed by atoms with Crippen LogP contribution in [0.25, 0.3) is 0 Å². The van der Waals surface area contributed by atoms with Crippen LogP contribution in [-0.2, 0) is 10.0 Å². The van der Waals surface area contributed by atoms with E-state index in [-0.39, 0.29) is 9.92 Å². The summed E-state index contributed by atoms with van der Waals surface area (Å²) in [5.74, 6) is 0. The van der Waals surface area contributed by atoms with Gasteiger partial charge in [0.2, 0.25) is 10.0 Å². The fourth-order valence-corrected chi connectivity index (χ4v) is 4.80. The van der Waals surface area contributed by atoms with Crippen molar-refractivity contribution in [3.8, 4) is 0 Å². The molecule has 0 radical (unpaired) electrons. The first-order valence-electron chi connectivity index (χ1n) is 5.75. The lowest BCUT2D eigenvalue weighted by molar-refractivity contribution is 0.398. The summed E-state index contributed by atoms with van der Waals surface area (Å²) in [6.45, 7) is 3.92. The molecule has 18 heavy (non-hydrogen) atoms. The quantitative estimate of drug-likeness (QED) is 0.794. The molecule has 1 aromatic rings. The van der Waals surface area contributed by atoms with Crippen molar-refractivity contribution in [3.05, 3.63) is 29.3 Å². The predicted octanol–water partition coefficient (Wildman–Crippen LogP) is 3.57. The van der Waals surface area contributed by atoms with E-state index in [1.165, 1.54) is 6.07 Å². The number of benzene rings is 1. The number of alkyl halides is 1. The molecular weight excluding hydrogens is 338 g/mol. The standard InChI is InChI=1S/C12H17BrClNO2S/c1-3-12(4-2,9-13)15-18(16,17)11-8-6-5-7-10(11)14/h5-8,15H,3-4,9H2,1-2H3. The Labute approximate surface area is 122 Å². The summed E-state index contributed by atoms with van der Waals surface area (Å²) in [6, 6.07) is 6.45. The molecule has 6 heteroatoms. The zero-order valence-corrected chi connectivity index (χ0v) is 13.6. The van der Waals surface area contributed by atoms with Crippen molar-refractivity contribution in [1.29, 1.82) is 0 Å². The molecule has 0 saturated heterocycles. The molecular formula is C12H17BrClNO2S. The molecule has 1 rings (SSSR count). The summed E-state index contributed by atoms with van der Waals surface area (Å²) in [4.78, 5) is 0.124. The number of hydrogen-bond donors (Lipinski definition) is 1. The maximum atomic E-state index is 12.3. The lowest BCUT2D eigenvalue weighted by Gasteiger charge is -2.30. The largest absolute Gasteiger partial charge is 0.242 e. The summed E-state index contributed by atoms with van der Waals surface area (Å²) in [7, 11) is -3.60. The molecule has 0 atom stereocenters. The molecule has 0 aromatic heterocycles. The Hall–Kier alpha value is -0.100. The molecule has 0 fully saturated rings. The van der Waals surface area contributed by atoms with Crippen LogP contribution in [0.2, 0.25) is 5.02 Å². The van der Waals surface area contributed by atoms with Crippen LogP contribution < -0.4 is 4.72 Å². The van der Waals surface area contributed by atoms with E-state index in [2.05, 4.69) is 20.7 Å². The summed E-state index contributed by atoms with van der Waals surface area (Å²) >= 11 is 9.31. The third-order valence-corrected chi connectivity index (χ3v) is 6.24. The van der Waals surface area contributed by atoms with Gasteiger partial charge in [0.25, 0.3) is 0 Å². The van der Waals surface area contributed by atoms with Gasteiger partial charge in [-0.3, -0.25) is 0 Å². The van der Waals surface area contributed by atoms with Gasteiger partial charge in [0, 0.05) is 10.9 Å². The minimum absolute atomic E-state index is 0.124. The number of rotatable bonds is 6. The minimum atomic E-state index is -3.60. The molecule has 102 valence electrons. The lowest BCUT2D eigenvalue weighted by atomic mass is 9.97. The summed E-state index contributed by atoms with van der Waals surface area (Å²) in [5.41, 5.74) is -0.474. The molecule has 0 spiro atoms. The zero-order chi connectivity index (χ0) is 13.8. The molecule has 0 aliphatic heterocycles. The van der Waals surface area contributed by atoms with Crippen LogP contribution in [0.1, 0.15) is 26.7 Å². The third kappa shape index (κ3) is 3.47. The highest BCUT2D eigenvalue weighted by atomic mass is 79.9. The highest BCUT2D eigenvalue weighted by Gasteiger charge is 2.31. The van der Waals surface area contributed by atoms with Gasteiger partial charge in [0.05, 0.1) is 5.02 Å². The fraction of sp³-hybridized carbons (Fsp3) is 0.500. The van der Waals surface area contributed by atoms with E-state index in [9.17, 15) is 8.42 Å². The Morgan fingerprint density at radius 3 is 2.28 bits per heavy atom. The average molecular weight is 355 g/mol. The molecule has 0 heterocycles. The lowest BCUT2D eigenvalue weighted by Crippen LogP contribution is -2.48. The molecule has 0 unspecified atom stereocenters. The predicted molar refractivity (Wildman–Crippen MR) is 78.9 cm³/mol. The Morgan fingerprint density at radius 2 is 1.83 bits per heavy atom. The van der Waals surface area contributed by atoms with Crippen molar-refractivity contribution in [2.45, 2.75) is 37.1 Å². The van der Waals surface area contributed by atoms with Gasteiger partial charge >= 0.3 is 0 Å². The number of halogens is 2. The van der Waals surface area contributed by atoms with Gasteiger partial charge in [0.15, 0.2) is 0 Å². The summed E-state index contributed by atoms with van der Waals surface area (Å²) in [6.07, 6.45) is 1.41. The van der Waals surface area contributed by atoms with Crippen LogP contribution in [0.4, 0.5) is 0 Å². The van der Waals surface area contributed by atoms with Gasteiger partial charge in [-0.25, -0.2) is 13.1 Å². The van der Waals surface area contributed by atoms with Crippen LogP contribution >= 0.6 is 27.5 Å². The Balaban J connectivity index is 3.13. The Morgan fingerprint density at radius 1 is 1.28 bits per heavy atom. The molecule has 1 N–H and O–H groups in total.